The highest BCUT2D eigenvalue weighted by atomic mass is 127. The van der Waals surface area contributed by atoms with E-state index in [2.05, 4.69) is 22.6 Å². The van der Waals surface area contributed by atoms with Crippen molar-refractivity contribution < 1.29 is 18.0 Å². The Kier molecular flexibility index (Phi) is 4.79. The minimum Gasteiger partial charge on any atom is -0.341 e. The molecule has 0 aliphatic rings. The highest BCUT2D eigenvalue weighted by Crippen LogP contribution is 2.21. The lowest BCUT2D eigenvalue weighted by Crippen LogP contribution is -2.38. The van der Waals surface area contributed by atoms with Gasteiger partial charge < -0.3 is 5.32 Å². The van der Waals surface area contributed by atoms with Crippen LogP contribution in [0.3, 0.4) is 0 Å². The molecule has 1 unspecified atom stereocenters. The first kappa shape index (κ1) is 14.3. The molecule has 17 heavy (non-hydrogen) atoms. The molecule has 1 N–H and O–H groups in total. The predicted molar refractivity (Wildman–Crippen MR) is 66.4 cm³/mol. The first-order valence-corrected chi connectivity index (χ1v) is 6.05. The largest absolute Gasteiger partial charge is 0.471 e. The molecule has 1 aromatic carbocycles. The molecule has 0 fully saturated rings. The van der Waals surface area contributed by atoms with E-state index in [0.29, 0.717) is 12.0 Å². The van der Waals surface area contributed by atoms with Crippen molar-refractivity contribution in [2.75, 3.05) is 0 Å². The number of rotatable bonds is 3. The van der Waals surface area contributed by atoms with Gasteiger partial charge in [0.25, 0.3) is 0 Å². The van der Waals surface area contributed by atoms with Gasteiger partial charge in [0.15, 0.2) is 0 Å². The van der Waals surface area contributed by atoms with Crippen LogP contribution in [0.25, 0.3) is 0 Å². The van der Waals surface area contributed by atoms with Gasteiger partial charge in [-0.3, -0.25) is 4.79 Å². The fourth-order valence-electron chi connectivity index (χ4n) is 1.36. The number of benzene rings is 1. The average Bonchev–Trinajstić information content (AvgIpc) is 2.25. The fourth-order valence-corrected chi connectivity index (χ4v) is 1.72. The Bertz CT molecular complexity index is 389. The summed E-state index contributed by atoms with van der Waals surface area (Å²) in [5, 5.41) is 1.98. The highest BCUT2D eigenvalue weighted by Gasteiger charge is 2.39. The van der Waals surface area contributed by atoms with Crippen LogP contribution in [0.2, 0.25) is 0 Å². The maximum Gasteiger partial charge on any atom is 0.471 e. The van der Waals surface area contributed by atoms with E-state index in [9.17, 15) is 18.0 Å². The number of hydrogen-bond acceptors (Lipinski definition) is 1. The van der Waals surface area contributed by atoms with E-state index in [-0.39, 0.29) is 0 Å². The first-order chi connectivity index (χ1) is 7.84. The summed E-state index contributed by atoms with van der Waals surface area (Å²) in [5.41, 5.74) is 0.672. The van der Waals surface area contributed by atoms with E-state index in [1.165, 1.54) is 0 Å². The van der Waals surface area contributed by atoms with Gasteiger partial charge in [-0.15, -0.1) is 0 Å². The van der Waals surface area contributed by atoms with Gasteiger partial charge in [0.2, 0.25) is 0 Å². The summed E-state index contributed by atoms with van der Waals surface area (Å²) in [6, 6.07) is 6.40. The molecule has 0 saturated carbocycles. The Balaban J connectivity index is 2.79. The van der Waals surface area contributed by atoms with Crippen LogP contribution >= 0.6 is 22.6 Å². The van der Waals surface area contributed by atoms with Gasteiger partial charge in [0.1, 0.15) is 0 Å². The molecule has 1 atom stereocenters. The van der Waals surface area contributed by atoms with Crippen molar-refractivity contribution >= 4 is 28.5 Å². The van der Waals surface area contributed by atoms with Gasteiger partial charge in [-0.05, 0) is 46.7 Å². The number of carbonyl (C=O) groups excluding carboxylic acids is 1. The average molecular weight is 357 g/mol. The summed E-state index contributed by atoms with van der Waals surface area (Å²) >= 11 is 2.10. The molecule has 2 nitrogen and oxygen atoms in total. The van der Waals surface area contributed by atoms with Gasteiger partial charge in [-0.1, -0.05) is 19.1 Å². The number of alkyl halides is 3. The van der Waals surface area contributed by atoms with E-state index < -0.39 is 18.1 Å². The fraction of sp³-hybridized carbons (Fsp3) is 0.364. The Morgan fingerprint density at radius 2 is 1.88 bits per heavy atom. The summed E-state index contributed by atoms with van der Waals surface area (Å²) in [5.74, 6) is -1.90. The van der Waals surface area contributed by atoms with Crippen LogP contribution in [-0.2, 0) is 4.79 Å². The Hall–Kier alpha value is -0.790. The molecule has 0 bridgehead atoms. The lowest BCUT2D eigenvalue weighted by molar-refractivity contribution is -0.174. The van der Waals surface area contributed by atoms with Gasteiger partial charge in [-0.25, -0.2) is 0 Å². The molecule has 0 aromatic heterocycles. The SMILES string of the molecule is CCC(NC(=O)C(F)(F)F)c1ccc(I)cc1. The predicted octanol–water partition coefficient (Wildman–Crippen LogP) is 3.42. The van der Waals surface area contributed by atoms with Gasteiger partial charge >= 0.3 is 12.1 Å². The van der Waals surface area contributed by atoms with E-state index in [0.717, 1.165) is 3.57 Å². The van der Waals surface area contributed by atoms with Crippen LogP contribution in [-0.4, -0.2) is 12.1 Å². The normalized spacial score (nSPS) is 13.2. The van der Waals surface area contributed by atoms with Gasteiger partial charge in [0.05, 0.1) is 6.04 Å². The van der Waals surface area contributed by atoms with Crippen LogP contribution in [0.15, 0.2) is 24.3 Å². The minimum absolute atomic E-state index is 0.405. The molecular weight excluding hydrogens is 346 g/mol. The molecule has 0 saturated heterocycles. The molecule has 1 amide bonds. The number of carbonyl (C=O) groups is 1. The quantitative estimate of drug-likeness (QED) is 0.826. The smallest absolute Gasteiger partial charge is 0.341 e. The Labute approximate surface area is 111 Å². The lowest BCUT2D eigenvalue weighted by atomic mass is 10.0. The number of halogens is 4. The summed E-state index contributed by atoms with van der Waals surface area (Å²) in [7, 11) is 0. The van der Waals surface area contributed by atoms with Crippen LogP contribution in [0, 0.1) is 3.57 Å². The molecule has 94 valence electrons. The second kappa shape index (κ2) is 5.70. The summed E-state index contributed by atoms with van der Waals surface area (Å²) in [6.45, 7) is 1.72. The lowest BCUT2D eigenvalue weighted by Gasteiger charge is -2.18. The summed E-state index contributed by atoms with van der Waals surface area (Å²) in [6.07, 6.45) is -4.43. The zero-order valence-electron chi connectivity index (χ0n) is 9.01. The van der Waals surface area contributed by atoms with Crippen LogP contribution in [0.4, 0.5) is 13.2 Å². The highest BCUT2D eigenvalue weighted by molar-refractivity contribution is 14.1. The van der Waals surface area contributed by atoms with Crippen LogP contribution < -0.4 is 5.32 Å². The molecule has 1 rings (SSSR count). The molecule has 6 heteroatoms. The first-order valence-electron chi connectivity index (χ1n) is 4.97. The Morgan fingerprint density at radius 1 is 1.35 bits per heavy atom. The number of hydrogen-bond donors (Lipinski definition) is 1. The second-order valence-electron chi connectivity index (χ2n) is 3.48. The van der Waals surface area contributed by atoms with E-state index in [1.807, 2.05) is 5.32 Å². The molecule has 0 heterocycles. The van der Waals surface area contributed by atoms with Crippen molar-refractivity contribution in [3.8, 4) is 0 Å². The topological polar surface area (TPSA) is 29.1 Å². The molecule has 0 radical (unpaired) electrons. The van der Waals surface area contributed by atoms with Gasteiger partial charge in [0, 0.05) is 3.57 Å². The van der Waals surface area contributed by atoms with E-state index >= 15 is 0 Å². The third-order valence-corrected chi connectivity index (χ3v) is 2.96. The zero-order chi connectivity index (χ0) is 13.1. The van der Waals surface area contributed by atoms with Crippen molar-refractivity contribution in [2.24, 2.45) is 0 Å². The summed E-state index contributed by atoms with van der Waals surface area (Å²) < 4.78 is 37.3. The third-order valence-electron chi connectivity index (χ3n) is 2.24. The second-order valence-corrected chi connectivity index (χ2v) is 4.73. The Morgan fingerprint density at radius 3 is 2.29 bits per heavy atom. The van der Waals surface area contributed by atoms with E-state index in [1.54, 1.807) is 31.2 Å². The number of nitrogens with one attached hydrogen (secondary N) is 1. The van der Waals surface area contributed by atoms with Crippen molar-refractivity contribution in [3.05, 3.63) is 33.4 Å². The molecule has 0 aliphatic heterocycles. The van der Waals surface area contributed by atoms with Crippen molar-refractivity contribution in [2.45, 2.75) is 25.6 Å². The van der Waals surface area contributed by atoms with Crippen LogP contribution in [0.1, 0.15) is 24.9 Å². The van der Waals surface area contributed by atoms with Gasteiger partial charge in [-0.2, -0.15) is 13.2 Å². The number of amides is 1. The molecular formula is C11H11F3INO. The maximum absolute atomic E-state index is 12.1. The van der Waals surface area contributed by atoms with E-state index in [4.69, 9.17) is 0 Å². The monoisotopic (exact) mass is 357 g/mol. The van der Waals surface area contributed by atoms with Crippen molar-refractivity contribution in [1.82, 2.24) is 5.32 Å². The summed E-state index contributed by atoms with van der Waals surface area (Å²) in [4.78, 5) is 10.8. The zero-order valence-corrected chi connectivity index (χ0v) is 11.2. The molecule has 1 aromatic rings. The van der Waals surface area contributed by atoms with Crippen molar-refractivity contribution in [1.29, 1.82) is 0 Å². The molecule has 0 aliphatic carbocycles. The maximum atomic E-state index is 12.1. The van der Waals surface area contributed by atoms with Crippen LogP contribution in [0.5, 0.6) is 0 Å². The third kappa shape index (κ3) is 4.18. The van der Waals surface area contributed by atoms with Crippen molar-refractivity contribution in [3.63, 3.8) is 0 Å². The molecule has 0 spiro atoms. The standard InChI is InChI=1S/C11H11F3INO/c1-2-9(16-10(17)11(12,13)14)7-3-5-8(15)6-4-7/h3-6,9H,2H2,1H3,(H,16,17). The minimum atomic E-state index is -4.84.